The monoisotopic (exact) mass is 241 g/mol. The number of aromatic carboxylic acids is 1. The lowest BCUT2D eigenvalue weighted by Gasteiger charge is -2.14. The summed E-state index contributed by atoms with van der Waals surface area (Å²) in [5.41, 5.74) is 2.68. The molecule has 1 aliphatic rings. The van der Waals surface area contributed by atoms with Gasteiger partial charge in [-0.3, -0.25) is 0 Å². The first kappa shape index (κ1) is 13.0. The van der Waals surface area contributed by atoms with E-state index in [9.17, 15) is 4.79 Å². The molecule has 0 aromatic heterocycles. The van der Waals surface area contributed by atoms with Crippen molar-refractivity contribution in [2.45, 2.75) is 25.8 Å². The number of carboxylic acids is 1. The average Bonchev–Trinajstić information content (AvgIpc) is 2.71. The van der Waals surface area contributed by atoms with Crippen LogP contribution in [-0.2, 0) is 0 Å². The van der Waals surface area contributed by atoms with Crippen LogP contribution >= 0.6 is 12.4 Å². The summed E-state index contributed by atoms with van der Waals surface area (Å²) in [6.45, 7) is 3.06. The van der Waals surface area contributed by atoms with Crippen molar-refractivity contribution < 1.29 is 9.90 Å². The quantitative estimate of drug-likeness (QED) is 0.837. The van der Waals surface area contributed by atoms with Crippen molar-refractivity contribution in [1.82, 2.24) is 5.32 Å². The number of aryl methyl sites for hydroxylation is 1. The largest absolute Gasteiger partial charge is 0.478 e. The molecular weight excluding hydrogens is 226 g/mol. The van der Waals surface area contributed by atoms with Crippen LogP contribution in [0.5, 0.6) is 0 Å². The third-order valence-corrected chi connectivity index (χ3v) is 2.96. The van der Waals surface area contributed by atoms with Crippen molar-refractivity contribution in [3.63, 3.8) is 0 Å². The van der Waals surface area contributed by atoms with Crippen molar-refractivity contribution in [3.8, 4) is 0 Å². The van der Waals surface area contributed by atoms with Gasteiger partial charge in [0, 0.05) is 6.04 Å². The number of nitrogens with one attached hydrogen (secondary N) is 1. The lowest BCUT2D eigenvalue weighted by atomic mass is 9.97. The molecule has 1 aromatic carbocycles. The SMILES string of the molecule is Cc1ccc(C(=O)O)cc1C1CCCN1.Cl. The Morgan fingerprint density at radius 1 is 1.50 bits per heavy atom. The minimum absolute atomic E-state index is 0. The zero-order chi connectivity index (χ0) is 10.8. The number of carboxylic acid groups (broad SMARTS) is 1. The first-order valence-corrected chi connectivity index (χ1v) is 5.25. The Labute approximate surface area is 101 Å². The minimum Gasteiger partial charge on any atom is -0.478 e. The first-order valence-electron chi connectivity index (χ1n) is 5.25. The molecule has 0 radical (unpaired) electrons. The van der Waals surface area contributed by atoms with E-state index in [1.165, 1.54) is 12.0 Å². The van der Waals surface area contributed by atoms with Gasteiger partial charge in [-0.05, 0) is 49.6 Å². The topological polar surface area (TPSA) is 49.3 Å². The molecule has 1 atom stereocenters. The van der Waals surface area contributed by atoms with Crippen LogP contribution in [-0.4, -0.2) is 17.6 Å². The molecule has 1 aliphatic heterocycles. The molecule has 4 heteroatoms. The summed E-state index contributed by atoms with van der Waals surface area (Å²) in [5, 5.41) is 12.3. The van der Waals surface area contributed by atoms with Gasteiger partial charge in [0.05, 0.1) is 5.56 Å². The molecular formula is C12H16ClNO2. The van der Waals surface area contributed by atoms with Gasteiger partial charge in [0.2, 0.25) is 0 Å². The van der Waals surface area contributed by atoms with Gasteiger partial charge in [-0.1, -0.05) is 6.07 Å². The highest BCUT2D eigenvalue weighted by Gasteiger charge is 2.19. The highest BCUT2D eigenvalue weighted by atomic mass is 35.5. The van der Waals surface area contributed by atoms with Crippen LogP contribution in [0.3, 0.4) is 0 Å². The van der Waals surface area contributed by atoms with E-state index in [-0.39, 0.29) is 12.4 Å². The summed E-state index contributed by atoms with van der Waals surface area (Å²) >= 11 is 0. The summed E-state index contributed by atoms with van der Waals surface area (Å²) in [4.78, 5) is 10.9. The van der Waals surface area contributed by atoms with E-state index in [4.69, 9.17) is 5.11 Å². The lowest BCUT2D eigenvalue weighted by Crippen LogP contribution is -2.14. The van der Waals surface area contributed by atoms with E-state index in [2.05, 4.69) is 5.32 Å². The molecule has 0 amide bonds. The van der Waals surface area contributed by atoms with Crippen molar-refractivity contribution in [1.29, 1.82) is 0 Å². The van der Waals surface area contributed by atoms with E-state index in [0.29, 0.717) is 11.6 Å². The van der Waals surface area contributed by atoms with Crippen LogP contribution in [0.1, 0.15) is 40.4 Å². The fourth-order valence-electron chi connectivity index (χ4n) is 2.10. The minimum atomic E-state index is -0.853. The molecule has 16 heavy (non-hydrogen) atoms. The fraction of sp³-hybridized carbons (Fsp3) is 0.417. The molecule has 2 rings (SSSR count). The third kappa shape index (κ3) is 2.54. The predicted octanol–water partition coefficient (Wildman–Crippen LogP) is 2.54. The lowest BCUT2D eigenvalue weighted by molar-refractivity contribution is 0.0696. The number of halogens is 1. The summed E-state index contributed by atoms with van der Waals surface area (Å²) in [5.74, 6) is -0.853. The Hall–Kier alpha value is -1.06. The molecule has 88 valence electrons. The second-order valence-electron chi connectivity index (χ2n) is 4.03. The van der Waals surface area contributed by atoms with Crippen LogP contribution in [0.4, 0.5) is 0 Å². The van der Waals surface area contributed by atoms with Gasteiger partial charge in [-0.15, -0.1) is 12.4 Å². The van der Waals surface area contributed by atoms with E-state index >= 15 is 0 Å². The van der Waals surface area contributed by atoms with Crippen molar-refractivity contribution in [2.24, 2.45) is 0 Å². The summed E-state index contributed by atoms with van der Waals surface area (Å²) in [7, 11) is 0. The molecule has 3 nitrogen and oxygen atoms in total. The molecule has 1 heterocycles. The van der Waals surface area contributed by atoms with Gasteiger partial charge in [0.15, 0.2) is 0 Å². The molecule has 1 aromatic rings. The molecule has 0 aliphatic carbocycles. The van der Waals surface area contributed by atoms with Crippen LogP contribution < -0.4 is 5.32 Å². The van der Waals surface area contributed by atoms with Gasteiger partial charge in [-0.25, -0.2) is 4.79 Å². The van der Waals surface area contributed by atoms with E-state index in [1.807, 2.05) is 13.0 Å². The zero-order valence-corrected chi connectivity index (χ0v) is 10.0. The maximum absolute atomic E-state index is 10.9. The summed E-state index contributed by atoms with van der Waals surface area (Å²) in [6.07, 6.45) is 2.27. The van der Waals surface area contributed by atoms with E-state index in [0.717, 1.165) is 18.5 Å². The van der Waals surface area contributed by atoms with E-state index in [1.54, 1.807) is 12.1 Å². The Morgan fingerprint density at radius 2 is 2.25 bits per heavy atom. The highest BCUT2D eigenvalue weighted by Crippen LogP contribution is 2.26. The predicted molar refractivity (Wildman–Crippen MR) is 65.4 cm³/mol. The van der Waals surface area contributed by atoms with Crippen molar-refractivity contribution in [2.75, 3.05) is 6.54 Å². The Bertz CT molecular complexity index is 387. The van der Waals surface area contributed by atoms with Crippen molar-refractivity contribution >= 4 is 18.4 Å². The van der Waals surface area contributed by atoms with Crippen LogP contribution in [0.25, 0.3) is 0 Å². The van der Waals surface area contributed by atoms with Crippen LogP contribution in [0, 0.1) is 6.92 Å². The maximum atomic E-state index is 10.9. The van der Waals surface area contributed by atoms with Gasteiger partial charge >= 0.3 is 5.97 Å². The van der Waals surface area contributed by atoms with Crippen molar-refractivity contribution in [3.05, 3.63) is 34.9 Å². The van der Waals surface area contributed by atoms with Gasteiger partial charge in [0.1, 0.15) is 0 Å². The van der Waals surface area contributed by atoms with Gasteiger partial charge in [0.25, 0.3) is 0 Å². The number of hydrogen-bond donors (Lipinski definition) is 2. The van der Waals surface area contributed by atoms with Gasteiger partial charge < -0.3 is 10.4 Å². The van der Waals surface area contributed by atoms with Crippen LogP contribution in [0.15, 0.2) is 18.2 Å². The van der Waals surface area contributed by atoms with Gasteiger partial charge in [-0.2, -0.15) is 0 Å². The Balaban J connectivity index is 0.00000128. The average molecular weight is 242 g/mol. The zero-order valence-electron chi connectivity index (χ0n) is 9.19. The van der Waals surface area contributed by atoms with E-state index < -0.39 is 5.97 Å². The highest BCUT2D eigenvalue weighted by molar-refractivity contribution is 5.88. The molecule has 1 saturated heterocycles. The molecule has 0 spiro atoms. The number of rotatable bonds is 2. The normalized spacial score (nSPS) is 19.2. The Morgan fingerprint density at radius 3 is 2.81 bits per heavy atom. The summed E-state index contributed by atoms with van der Waals surface area (Å²) in [6, 6.07) is 5.68. The molecule has 2 N–H and O–H groups in total. The third-order valence-electron chi connectivity index (χ3n) is 2.96. The number of carbonyl (C=O) groups is 1. The summed E-state index contributed by atoms with van der Waals surface area (Å²) < 4.78 is 0. The molecule has 0 saturated carbocycles. The second kappa shape index (κ2) is 5.32. The molecule has 1 fully saturated rings. The maximum Gasteiger partial charge on any atom is 0.335 e. The fourth-order valence-corrected chi connectivity index (χ4v) is 2.10. The standard InChI is InChI=1S/C12H15NO2.ClH/c1-8-4-5-9(12(14)15)7-10(8)11-3-2-6-13-11;/h4-5,7,11,13H,2-3,6H2,1H3,(H,14,15);1H. The molecule has 1 unspecified atom stereocenters. The van der Waals surface area contributed by atoms with Crippen LogP contribution in [0.2, 0.25) is 0 Å². The first-order chi connectivity index (χ1) is 7.18. The second-order valence-corrected chi connectivity index (χ2v) is 4.03. The Kier molecular flexibility index (Phi) is 4.33. The number of hydrogen-bond acceptors (Lipinski definition) is 2. The molecule has 0 bridgehead atoms. The smallest absolute Gasteiger partial charge is 0.335 e. The number of benzene rings is 1.